The van der Waals surface area contributed by atoms with Crippen LogP contribution in [0.2, 0.25) is 0 Å². The van der Waals surface area contributed by atoms with E-state index >= 15 is 0 Å². The molecule has 0 aromatic heterocycles. The Bertz CT molecular complexity index is 989. The highest BCUT2D eigenvalue weighted by Gasteiger charge is 2.19. The van der Waals surface area contributed by atoms with Crippen LogP contribution in [0.1, 0.15) is 290 Å². The SMILES string of the molecule is CCC/C=C\C/C=C\CCCCCCCC(=O)OC(COC(=O)CCCCCCCCCCCCCC)COC(=O)CCCCCCCCCCCCCCCCCCCC. The molecule has 0 spiro atoms. The zero-order valence-electron chi connectivity index (χ0n) is 40.9. The predicted octanol–water partition coefficient (Wildman–Crippen LogP) is 17.5. The molecular weight excluding hydrogens is 757 g/mol. The number of rotatable bonds is 49. The summed E-state index contributed by atoms with van der Waals surface area (Å²) in [6, 6.07) is 0. The van der Waals surface area contributed by atoms with Crippen LogP contribution >= 0.6 is 0 Å². The van der Waals surface area contributed by atoms with Gasteiger partial charge in [0.2, 0.25) is 0 Å². The molecular formula is C55H102O6. The Labute approximate surface area is 379 Å². The predicted molar refractivity (Wildman–Crippen MR) is 261 cm³/mol. The number of allylic oxidation sites excluding steroid dienone is 4. The van der Waals surface area contributed by atoms with Gasteiger partial charge in [0.1, 0.15) is 13.2 Å². The van der Waals surface area contributed by atoms with Crippen molar-refractivity contribution in [2.75, 3.05) is 13.2 Å². The lowest BCUT2D eigenvalue weighted by Gasteiger charge is -2.18. The van der Waals surface area contributed by atoms with E-state index in [4.69, 9.17) is 14.2 Å². The second-order valence-electron chi connectivity index (χ2n) is 18.2. The maximum Gasteiger partial charge on any atom is 0.306 e. The van der Waals surface area contributed by atoms with Gasteiger partial charge >= 0.3 is 17.9 Å². The molecule has 1 unspecified atom stereocenters. The van der Waals surface area contributed by atoms with Gasteiger partial charge in [0.15, 0.2) is 6.10 Å². The summed E-state index contributed by atoms with van der Waals surface area (Å²) < 4.78 is 16.8. The third kappa shape index (κ3) is 48.8. The van der Waals surface area contributed by atoms with E-state index in [1.165, 1.54) is 161 Å². The minimum atomic E-state index is -0.772. The number of carbonyl (C=O) groups is 3. The van der Waals surface area contributed by atoms with Crippen LogP contribution in [-0.2, 0) is 28.6 Å². The fourth-order valence-electron chi connectivity index (χ4n) is 7.89. The summed E-state index contributed by atoms with van der Waals surface area (Å²) in [6.45, 7) is 6.60. The van der Waals surface area contributed by atoms with Crippen LogP contribution < -0.4 is 0 Å². The van der Waals surface area contributed by atoms with E-state index in [0.29, 0.717) is 19.3 Å². The lowest BCUT2D eigenvalue weighted by Crippen LogP contribution is -2.30. The van der Waals surface area contributed by atoms with Gasteiger partial charge < -0.3 is 14.2 Å². The first-order chi connectivity index (χ1) is 30.0. The van der Waals surface area contributed by atoms with Crippen molar-refractivity contribution in [3.8, 4) is 0 Å². The maximum atomic E-state index is 12.8. The Morgan fingerprint density at radius 3 is 0.967 bits per heavy atom. The highest BCUT2D eigenvalue weighted by atomic mass is 16.6. The largest absolute Gasteiger partial charge is 0.462 e. The van der Waals surface area contributed by atoms with Crippen molar-refractivity contribution in [1.29, 1.82) is 0 Å². The highest BCUT2D eigenvalue weighted by Crippen LogP contribution is 2.16. The van der Waals surface area contributed by atoms with Gasteiger partial charge in [-0.25, -0.2) is 0 Å². The van der Waals surface area contributed by atoms with E-state index in [2.05, 4.69) is 45.1 Å². The minimum Gasteiger partial charge on any atom is -0.462 e. The molecule has 0 saturated carbocycles. The van der Waals surface area contributed by atoms with Gasteiger partial charge in [-0.15, -0.1) is 0 Å². The van der Waals surface area contributed by atoms with E-state index < -0.39 is 6.10 Å². The average Bonchev–Trinajstić information content (AvgIpc) is 3.26. The fraction of sp³-hybridized carbons (Fsp3) is 0.873. The zero-order valence-corrected chi connectivity index (χ0v) is 40.9. The van der Waals surface area contributed by atoms with Crippen LogP contribution in [0.5, 0.6) is 0 Å². The second-order valence-corrected chi connectivity index (χ2v) is 18.2. The van der Waals surface area contributed by atoms with Gasteiger partial charge in [0.05, 0.1) is 0 Å². The van der Waals surface area contributed by atoms with E-state index in [1.807, 2.05) is 0 Å². The van der Waals surface area contributed by atoms with Gasteiger partial charge in [-0.1, -0.05) is 251 Å². The van der Waals surface area contributed by atoms with Gasteiger partial charge in [-0.2, -0.15) is 0 Å². The van der Waals surface area contributed by atoms with E-state index in [0.717, 1.165) is 89.9 Å². The number of hydrogen-bond donors (Lipinski definition) is 0. The summed E-state index contributed by atoms with van der Waals surface area (Å²) in [5, 5.41) is 0. The molecule has 61 heavy (non-hydrogen) atoms. The number of hydrogen-bond acceptors (Lipinski definition) is 6. The Kier molecular flexibility index (Phi) is 48.8. The maximum absolute atomic E-state index is 12.8. The van der Waals surface area contributed by atoms with Gasteiger partial charge in [-0.3, -0.25) is 14.4 Å². The fourth-order valence-corrected chi connectivity index (χ4v) is 7.89. The van der Waals surface area contributed by atoms with Crippen LogP contribution in [0.25, 0.3) is 0 Å². The van der Waals surface area contributed by atoms with Crippen molar-refractivity contribution in [3.05, 3.63) is 24.3 Å². The second kappa shape index (κ2) is 50.5. The first kappa shape index (κ1) is 58.9. The normalized spacial score (nSPS) is 12.1. The molecule has 0 aromatic carbocycles. The molecule has 0 fully saturated rings. The molecule has 6 nitrogen and oxygen atoms in total. The van der Waals surface area contributed by atoms with Crippen LogP contribution in [0, 0.1) is 0 Å². The summed E-state index contributed by atoms with van der Waals surface area (Å²) in [5.74, 6) is -0.871. The van der Waals surface area contributed by atoms with Gasteiger partial charge in [-0.05, 0) is 44.9 Å². The van der Waals surface area contributed by atoms with Crippen LogP contribution in [0.4, 0.5) is 0 Å². The molecule has 6 heteroatoms. The quantitative estimate of drug-likeness (QED) is 0.0262. The molecule has 0 radical (unpaired) electrons. The first-order valence-electron chi connectivity index (χ1n) is 26.8. The summed E-state index contributed by atoms with van der Waals surface area (Å²) in [5.41, 5.74) is 0. The monoisotopic (exact) mass is 859 g/mol. The van der Waals surface area contributed by atoms with Crippen molar-refractivity contribution in [2.45, 2.75) is 297 Å². The molecule has 0 aliphatic heterocycles. The molecule has 0 bridgehead atoms. The number of esters is 3. The van der Waals surface area contributed by atoms with Crippen LogP contribution in [0.15, 0.2) is 24.3 Å². The Hall–Kier alpha value is -2.11. The van der Waals surface area contributed by atoms with Crippen molar-refractivity contribution < 1.29 is 28.6 Å². The zero-order chi connectivity index (χ0) is 44.4. The van der Waals surface area contributed by atoms with Gasteiger partial charge in [0.25, 0.3) is 0 Å². The van der Waals surface area contributed by atoms with Crippen molar-refractivity contribution in [2.24, 2.45) is 0 Å². The molecule has 1 atom stereocenters. The number of unbranched alkanes of at least 4 members (excludes halogenated alkanes) is 34. The lowest BCUT2D eigenvalue weighted by molar-refractivity contribution is -0.167. The third-order valence-electron chi connectivity index (χ3n) is 11.9. The minimum absolute atomic E-state index is 0.0720. The van der Waals surface area contributed by atoms with E-state index in [1.54, 1.807) is 0 Å². The first-order valence-corrected chi connectivity index (χ1v) is 26.8. The number of carbonyl (C=O) groups excluding carboxylic acids is 3. The summed E-state index contributed by atoms with van der Waals surface area (Å²) in [7, 11) is 0. The molecule has 0 aliphatic rings. The molecule has 0 heterocycles. The Morgan fingerprint density at radius 1 is 0.328 bits per heavy atom. The van der Waals surface area contributed by atoms with Crippen molar-refractivity contribution in [1.82, 2.24) is 0 Å². The summed E-state index contributed by atoms with van der Waals surface area (Å²) in [4.78, 5) is 38.0. The molecule has 0 rings (SSSR count). The molecule has 0 saturated heterocycles. The Balaban J connectivity index is 4.30. The lowest BCUT2D eigenvalue weighted by atomic mass is 10.0. The molecule has 0 N–H and O–H groups in total. The van der Waals surface area contributed by atoms with Crippen LogP contribution in [0.3, 0.4) is 0 Å². The molecule has 0 amide bonds. The third-order valence-corrected chi connectivity index (χ3v) is 11.9. The Morgan fingerprint density at radius 2 is 0.623 bits per heavy atom. The summed E-state index contributed by atoms with van der Waals surface area (Å²) >= 11 is 0. The summed E-state index contributed by atoms with van der Waals surface area (Å²) in [6.07, 6.45) is 57.3. The standard InChI is InChI=1S/C55H102O6/c1-4-7-10-13-16-19-22-25-26-27-28-29-31-33-36-39-42-45-48-54(57)60-51-52(50-59-53(56)47-44-41-38-35-32-24-21-18-15-12-9-6-3)61-55(58)49-46-43-40-37-34-30-23-20-17-14-11-8-5-2/h11,14,20,23,52H,4-10,12-13,15-19,21-22,24-51H2,1-3H3/b14-11-,23-20-. The van der Waals surface area contributed by atoms with Crippen molar-refractivity contribution >= 4 is 17.9 Å². The molecule has 0 aliphatic carbocycles. The van der Waals surface area contributed by atoms with Crippen LogP contribution in [-0.4, -0.2) is 37.2 Å². The van der Waals surface area contributed by atoms with E-state index in [-0.39, 0.29) is 31.1 Å². The van der Waals surface area contributed by atoms with E-state index in [9.17, 15) is 14.4 Å². The smallest absolute Gasteiger partial charge is 0.306 e. The topological polar surface area (TPSA) is 78.9 Å². The number of ether oxygens (including phenoxy) is 3. The molecule has 358 valence electrons. The molecule has 0 aromatic rings. The van der Waals surface area contributed by atoms with Gasteiger partial charge in [0, 0.05) is 19.3 Å². The highest BCUT2D eigenvalue weighted by molar-refractivity contribution is 5.71. The van der Waals surface area contributed by atoms with Crippen molar-refractivity contribution in [3.63, 3.8) is 0 Å². The average molecular weight is 859 g/mol.